The van der Waals surface area contributed by atoms with Gasteiger partial charge in [-0.05, 0) is 19.3 Å². The highest BCUT2D eigenvalue weighted by molar-refractivity contribution is 4.86. The lowest BCUT2D eigenvalue weighted by atomic mass is 9.88. The molecule has 0 spiro atoms. The van der Waals surface area contributed by atoms with Crippen LogP contribution in [0.5, 0.6) is 0 Å². The predicted molar refractivity (Wildman–Crippen MR) is 64.6 cm³/mol. The minimum atomic E-state index is 0.387. The van der Waals surface area contributed by atoms with E-state index in [0.29, 0.717) is 17.6 Å². The third-order valence-electron chi connectivity index (χ3n) is 3.70. The van der Waals surface area contributed by atoms with Crippen LogP contribution in [0.4, 0.5) is 0 Å². The molecule has 0 bridgehead atoms. The van der Waals surface area contributed by atoms with Gasteiger partial charge in [0, 0.05) is 24.6 Å². The van der Waals surface area contributed by atoms with Crippen LogP contribution < -0.4 is 5.32 Å². The first kappa shape index (κ1) is 12.3. The van der Waals surface area contributed by atoms with Crippen LogP contribution in [0.25, 0.3) is 0 Å². The molecule has 2 aliphatic heterocycles. The molecule has 0 aromatic carbocycles. The second-order valence-electron chi connectivity index (χ2n) is 5.69. The largest absolute Gasteiger partial charge is 0.380 e. The molecule has 94 valence electrons. The molecule has 16 heavy (non-hydrogen) atoms. The number of rotatable bonds is 5. The molecular weight excluding hydrogens is 202 g/mol. The Morgan fingerprint density at radius 1 is 1.38 bits per heavy atom. The number of ether oxygens (including phenoxy) is 2. The average molecular weight is 227 g/mol. The Labute approximate surface area is 98.9 Å². The van der Waals surface area contributed by atoms with E-state index in [2.05, 4.69) is 19.2 Å². The third kappa shape index (κ3) is 3.19. The van der Waals surface area contributed by atoms with E-state index < -0.39 is 0 Å². The van der Waals surface area contributed by atoms with Gasteiger partial charge in [0.1, 0.15) is 0 Å². The molecule has 0 saturated carbocycles. The number of nitrogens with one attached hydrogen (secondary N) is 1. The quantitative estimate of drug-likeness (QED) is 0.779. The summed E-state index contributed by atoms with van der Waals surface area (Å²) in [5.41, 5.74) is 0.387. The molecule has 0 radical (unpaired) electrons. The summed E-state index contributed by atoms with van der Waals surface area (Å²) in [6.07, 6.45) is 5.27. The summed E-state index contributed by atoms with van der Waals surface area (Å²) in [5.74, 6) is 0. The van der Waals surface area contributed by atoms with Crippen LogP contribution >= 0.6 is 0 Å². The van der Waals surface area contributed by atoms with Crippen molar-refractivity contribution in [3.63, 3.8) is 0 Å². The van der Waals surface area contributed by atoms with Gasteiger partial charge in [-0.1, -0.05) is 20.3 Å². The van der Waals surface area contributed by atoms with Gasteiger partial charge in [-0.2, -0.15) is 0 Å². The summed E-state index contributed by atoms with van der Waals surface area (Å²) < 4.78 is 11.0. The molecule has 3 heteroatoms. The fourth-order valence-electron chi connectivity index (χ4n) is 2.53. The van der Waals surface area contributed by atoms with Gasteiger partial charge in [-0.25, -0.2) is 0 Å². The van der Waals surface area contributed by atoms with Crippen LogP contribution in [0.15, 0.2) is 0 Å². The smallest absolute Gasteiger partial charge is 0.0589 e. The Hall–Kier alpha value is -0.120. The zero-order valence-corrected chi connectivity index (χ0v) is 10.6. The molecule has 2 rings (SSSR count). The first-order chi connectivity index (χ1) is 7.72. The Bertz CT molecular complexity index is 214. The SMILES string of the molecule is CCCC1CC(NCC2(C)COC2)CCO1. The Kier molecular flexibility index (Phi) is 4.22. The molecule has 0 amide bonds. The lowest BCUT2D eigenvalue weighted by molar-refractivity contribution is -0.102. The van der Waals surface area contributed by atoms with Crippen molar-refractivity contribution in [2.24, 2.45) is 5.41 Å². The average Bonchev–Trinajstić information content (AvgIpc) is 2.25. The van der Waals surface area contributed by atoms with E-state index in [1.807, 2.05) is 0 Å². The fourth-order valence-corrected chi connectivity index (χ4v) is 2.53. The second kappa shape index (κ2) is 5.48. The topological polar surface area (TPSA) is 30.5 Å². The Balaban J connectivity index is 1.68. The van der Waals surface area contributed by atoms with E-state index in [0.717, 1.165) is 32.8 Å². The molecule has 2 fully saturated rings. The van der Waals surface area contributed by atoms with E-state index in [-0.39, 0.29) is 0 Å². The van der Waals surface area contributed by atoms with Gasteiger partial charge in [-0.3, -0.25) is 0 Å². The molecule has 2 atom stereocenters. The van der Waals surface area contributed by atoms with Crippen molar-refractivity contribution in [3.8, 4) is 0 Å². The first-order valence-electron chi connectivity index (χ1n) is 6.64. The molecule has 2 heterocycles. The van der Waals surface area contributed by atoms with E-state index in [1.54, 1.807) is 0 Å². The molecule has 0 aromatic heterocycles. The summed E-state index contributed by atoms with van der Waals surface area (Å²) in [6.45, 7) is 8.38. The van der Waals surface area contributed by atoms with Gasteiger partial charge < -0.3 is 14.8 Å². The van der Waals surface area contributed by atoms with Crippen LogP contribution in [-0.2, 0) is 9.47 Å². The highest BCUT2D eigenvalue weighted by Crippen LogP contribution is 2.26. The van der Waals surface area contributed by atoms with Crippen molar-refractivity contribution >= 4 is 0 Å². The molecule has 2 aliphatic rings. The highest BCUT2D eigenvalue weighted by atomic mass is 16.5. The van der Waals surface area contributed by atoms with E-state index in [4.69, 9.17) is 9.47 Å². The maximum Gasteiger partial charge on any atom is 0.0589 e. The molecule has 2 saturated heterocycles. The zero-order chi connectivity index (χ0) is 11.4. The summed E-state index contributed by atoms with van der Waals surface area (Å²) in [5, 5.41) is 3.69. The minimum Gasteiger partial charge on any atom is -0.380 e. The number of hydrogen-bond donors (Lipinski definition) is 1. The maximum atomic E-state index is 5.76. The molecule has 0 aliphatic carbocycles. The van der Waals surface area contributed by atoms with E-state index >= 15 is 0 Å². The van der Waals surface area contributed by atoms with Crippen molar-refractivity contribution < 1.29 is 9.47 Å². The summed E-state index contributed by atoms with van der Waals surface area (Å²) in [7, 11) is 0. The maximum absolute atomic E-state index is 5.76. The van der Waals surface area contributed by atoms with Gasteiger partial charge >= 0.3 is 0 Å². The van der Waals surface area contributed by atoms with Crippen LogP contribution in [0.1, 0.15) is 39.5 Å². The normalized spacial score (nSPS) is 33.4. The van der Waals surface area contributed by atoms with Crippen LogP contribution in [0.3, 0.4) is 0 Å². The van der Waals surface area contributed by atoms with Crippen molar-refractivity contribution in [3.05, 3.63) is 0 Å². The van der Waals surface area contributed by atoms with Gasteiger partial charge in [0.2, 0.25) is 0 Å². The first-order valence-corrected chi connectivity index (χ1v) is 6.64. The third-order valence-corrected chi connectivity index (χ3v) is 3.70. The van der Waals surface area contributed by atoms with Crippen LogP contribution in [0.2, 0.25) is 0 Å². The van der Waals surface area contributed by atoms with Crippen LogP contribution in [0, 0.1) is 5.41 Å². The summed E-state index contributed by atoms with van der Waals surface area (Å²) in [6, 6.07) is 0.655. The van der Waals surface area contributed by atoms with Crippen molar-refractivity contribution in [2.75, 3.05) is 26.4 Å². The van der Waals surface area contributed by atoms with Crippen LogP contribution in [-0.4, -0.2) is 38.5 Å². The summed E-state index contributed by atoms with van der Waals surface area (Å²) in [4.78, 5) is 0. The standard InChI is InChI=1S/C13H25NO2/c1-3-4-12-7-11(5-6-16-12)14-8-13(2)9-15-10-13/h11-12,14H,3-10H2,1-2H3. The molecule has 0 aromatic rings. The second-order valence-corrected chi connectivity index (χ2v) is 5.69. The lowest BCUT2D eigenvalue weighted by Gasteiger charge is -2.40. The van der Waals surface area contributed by atoms with Gasteiger partial charge in [0.15, 0.2) is 0 Å². The predicted octanol–water partition coefficient (Wildman–Crippen LogP) is 1.96. The monoisotopic (exact) mass is 227 g/mol. The zero-order valence-electron chi connectivity index (χ0n) is 10.6. The van der Waals surface area contributed by atoms with Crippen molar-refractivity contribution in [1.29, 1.82) is 0 Å². The van der Waals surface area contributed by atoms with Gasteiger partial charge in [-0.15, -0.1) is 0 Å². The van der Waals surface area contributed by atoms with Gasteiger partial charge in [0.05, 0.1) is 19.3 Å². The Morgan fingerprint density at radius 2 is 2.19 bits per heavy atom. The van der Waals surface area contributed by atoms with Crippen molar-refractivity contribution in [2.45, 2.75) is 51.7 Å². The fraction of sp³-hybridized carbons (Fsp3) is 1.00. The van der Waals surface area contributed by atoms with E-state index in [1.165, 1.54) is 19.3 Å². The minimum absolute atomic E-state index is 0.387. The molecule has 2 unspecified atom stereocenters. The van der Waals surface area contributed by atoms with Crippen molar-refractivity contribution in [1.82, 2.24) is 5.32 Å². The molecule has 3 nitrogen and oxygen atoms in total. The van der Waals surface area contributed by atoms with Gasteiger partial charge in [0.25, 0.3) is 0 Å². The highest BCUT2D eigenvalue weighted by Gasteiger charge is 2.34. The molecular formula is C13H25NO2. The number of hydrogen-bond acceptors (Lipinski definition) is 3. The Morgan fingerprint density at radius 3 is 2.81 bits per heavy atom. The lowest BCUT2D eigenvalue weighted by Crippen LogP contribution is -2.51. The van der Waals surface area contributed by atoms with E-state index in [9.17, 15) is 0 Å². The molecule has 1 N–H and O–H groups in total. The summed E-state index contributed by atoms with van der Waals surface area (Å²) >= 11 is 0.